The molecule has 1 fully saturated rings. The van der Waals surface area contributed by atoms with Gasteiger partial charge in [-0.1, -0.05) is 24.9 Å². The summed E-state index contributed by atoms with van der Waals surface area (Å²) in [6.07, 6.45) is 7.67. The molecule has 1 aromatic heterocycles. The molecule has 1 heterocycles. The van der Waals surface area contributed by atoms with Gasteiger partial charge >= 0.3 is 0 Å². The van der Waals surface area contributed by atoms with Gasteiger partial charge in [-0.15, -0.1) is 0 Å². The zero-order valence-electron chi connectivity index (χ0n) is 9.28. The Morgan fingerprint density at radius 3 is 3.20 bits per heavy atom. The number of hydrogen-bond acceptors (Lipinski definition) is 4. The molecule has 1 saturated carbocycles. The van der Waals surface area contributed by atoms with Gasteiger partial charge in [-0.3, -0.25) is 0 Å². The summed E-state index contributed by atoms with van der Waals surface area (Å²) in [5.74, 6) is 1.60. The number of nitrogens with one attached hydrogen (secondary N) is 1. The van der Waals surface area contributed by atoms with E-state index in [0.29, 0.717) is 6.04 Å². The predicted molar refractivity (Wildman–Crippen MR) is 57.4 cm³/mol. The van der Waals surface area contributed by atoms with Crippen molar-refractivity contribution < 1.29 is 4.52 Å². The number of nitrogens with zero attached hydrogens (tertiary/aromatic N) is 2. The zero-order chi connectivity index (χ0) is 10.5. The lowest BCUT2D eigenvalue weighted by Gasteiger charge is -2.27. The van der Waals surface area contributed by atoms with Crippen LogP contribution in [0, 0.1) is 5.92 Å². The molecule has 1 aromatic rings. The van der Waals surface area contributed by atoms with E-state index < -0.39 is 0 Å². The summed E-state index contributed by atoms with van der Waals surface area (Å²) in [4.78, 5) is 4.00. The van der Waals surface area contributed by atoms with Crippen LogP contribution in [0.25, 0.3) is 0 Å². The Kier molecular flexibility index (Phi) is 3.72. The average molecular weight is 209 g/mol. The van der Waals surface area contributed by atoms with Crippen molar-refractivity contribution in [3.05, 3.63) is 12.2 Å². The van der Waals surface area contributed by atoms with Crippen LogP contribution in [0.3, 0.4) is 0 Å². The van der Waals surface area contributed by atoms with Crippen molar-refractivity contribution in [1.82, 2.24) is 15.5 Å². The quantitative estimate of drug-likeness (QED) is 0.821. The molecule has 1 aliphatic carbocycles. The maximum Gasteiger partial charge on any atom is 0.227 e. The maximum atomic E-state index is 4.94. The largest absolute Gasteiger partial charge is 0.340 e. The smallest absolute Gasteiger partial charge is 0.227 e. The van der Waals surface area contributed by atoms with Crippen LogP contribution in [0.4, 0.5) is 0 Å². The van der Waals surface area contributed by atoms with E-state index in [0.717, 1.165) is 24.8 Å². The van der Waals surface area contributed by atoms with E-state index >= 15 is 0 Å². The first-order valence-electron chi connectivity index (χ1n) is 5.83. The first-order valence-corrected chi connectivity index (χ1v) is 5.83. The molecule has 0 bridgehead atoms. The van der Waals surface area contributed by atoms with E-state index in [1.807, 2.05) is 0 Å². The fourth-order valence-electron chi connectivity index (χ4n) is 2.31. The number of rotatable bonds is 4. The van der Waals surface area contributed by atoms with Crippen LogP contribution in [0.15, 0.2) is 10.9 Å². The number of aromatic nitrogens is 2. The lowest BCUT2D eigenvalue weighted by atomic mass is 9.87. The third-order valence-electron chi connectivity index (χ3n) is 3.12. The molecule has 0 spiro atoms. The fraction of sp³-hybridized carbons (Fsp3) is 0.818. The van der Waals surface area contributed by atoms with Crippen molar-refractivity contribution in [2.24, 2.45) is 5.92 Å². The maximum absolute atomic E-state index is 4.94. The molecule has 84 valence electrons. The Bertz CT molecular complexity index is 273. The second kappa shape index (κ2) is 5.26. The van der Waals surface area contributed by atoms with Crippen molar-refractivity contribution in [3.63, 3.8) is 0 Å². The highest BCUT2D eigenvalue weighted by Crippen LogP contribution is 2.23. The molecule has 2 rings (SSSR count). The van der Waals surface area contributed by atoms with Gasteiger partial charge in [-0.05, 0) is 18.8 Å². The third kappa shape index (κ3) is 3.30. The third-order valence-corrected chi connectivity index (χ3v) is 3.12. The van der Waals surface area contributed by atoms with Gasteiger partial charge < -0.3 is 9.84 Å². The summed E-state index contributed by atoms with van der Waals surface area (Å²) in [6.45, 7) is 3.28. The molecule has 0 aromatic carbocycles. The predicted octanol–water partition coefficient (Wildman–Crippen LogP) is 1.78. The highest BCUT2D eigenvalue weighted by atomic mass is 16.5. The molecule has 1 aliphatic rings. The molecule has 0 radical (unpaired) electrons. The Morgan fingerprint density at radius 1 is 1.53 bits per heavy atom. The van der Waals surface area contributed by atoms with E-state index in [2.05, 4.69) is 22.4 Å². The van der Waals surface area contributed by atoms with Gasteiger partial charge in [-0.25, -0.2) is 0 Å². The Hall–Kier alpha value is -0.900. The van der Waals surface area contributed by atoms with Crippen LogP contribution in [-0.4, -0.2) is 22.7 Å². The van der Waals surface area contributed by atoms with E-state index in [1.165, 1.54) is 32.0 Å². The molecule has 0 aliphatic heterocycles. The molecule has 2 atom stereocenters. The monoisotopic (exact) mass is 209 g/mol. The van der Waals surface area contributed by atoms with Crippen molar-refractivity contribution >= 4 is 0 Å². The Labute approximate surface area is 90.4 Å². The lowest BCUT2D eigenvalue weighted by molar-refractivity contribution is 0.298. The van der Waals surface area contributed by atoms with E-state index in [4.69, 9.17) is 4.52 Å². The van der Waals surface area contributed by atoms with Crippen molar-refractivity contribution in [2.75, 3.05) is 6.54 Å². The number of hydrogen-bond donors (Lipinski definition) is 1. The molecule has 0 saturated heterocycles. The van der Waals surface area contributed by atoms with Crippen LogP contribution in [0.2, 0.25) is 0 Å². The standard InChI is InChI=1S/C11H19N3O/c1-9-3-2-4-10(7-9)12-6-5-11-13-8-14-15-11/h8-10,12H,2-7H2,1H3. The van der Waals surface area contributed by atoms with Gasteiger partial charge in [0.15, 0.2) is 6.33 Å². The van der Waals surface area contributed by atoms with Gasteiger partial charge in [0.05, 0.1) is 0 Å². The Balaban J connectivity index is 1.65. The summed E-state index contributed by atoms with van der Waals surface area (Å²) in [5, 5.41) is 7.15. The first kappa shape index (κ1) is 10.6. The van der Waals surface area contributed by atoms with Crippen LogP contribution in [0.5, 0.6) is 0 Å². The van der Waals surface area contributed by atoms with Crippen LogP contribution in [0.1, 0.15) is 38.5 Å². The SMILES string of the molecule is CC1CCCC(NCCc2ncno2)C1. The highest BCUT2D eigenvalue weighted by molar-refractivity contribution is 4.79. The molecule has 1 N–H and O–H groups in total. The fourth-order valence-corrected chi connectivity index (χ4v) is 2.31. The van der Waals surface area contributed by atoms with Gasteiger partial charge in [0, 0.05) is 19.0 Å². The van der Waals surface area contributed by atoms with Crippen molar-refractivity contribution in [1.29, 1.82) is 0 Å². The minimum absolute atomic E-state index is 0.691. The van der Waals surface area contributed by atoms with Gasteiger partial charge in [0.2, 0.25) is 5.89 Å². The Morgan fingerprint density at radius 2 is 2.47 bits per heavy atom. The van der Waals surface area contributed by atoms with Crippen LogP contribution >= 0.6 is 0 Å². The minimum Gasteiger partial charge on any atom is -0.340 e. The molecule has 15 heavy (non-hydrogen) atoms. The summed E-state index contributed by atoms with van der Waals surface area (Å²) < 4.78 is 4.94. The van der Waals surface area contributed by atoms with E-state index in [-0.39, 0.29) is 0 Å². The van der Waals surface area contributed by atoms with Gasteiger partial charge in [-0.2, -0.15) is 4.98 Å². The van der Waals surface area contributed by atoms with Crippen LogP contribution < -0.4 is 5.32 Å². The van der Waals surface area contributed by atoms with Crippen molar-refractivity contribution in [3.8, 4) is 0 Å². The summed E-state index contributed by atoms with van der Waals surface area (Å²) in [7, 11) is 0. The van der Waals surface area contributed by atoms with Crippen LogP contribution in [-0.2, 0) is 6.42 Å². The molecule has 4 nitrogen and oxygen atoms in total. The molecule has 0 amide bonds. The average Bonchev–Trinajstić information content (AvgIpc) is 2.71. The molecular weight excluding hydrogens is 190 g/mol. The van der Waals surface area contributed by atoms with E-state index in [9.17, 15) is 0 Å². The minimum atomic E-state index is 0.691. The zero-order valence-corrected chi connectivity index (χ0v) is 9.28. The van der Waals surface area contributed by atoms with Crippen molar-refractivity contribution in [2.45, 2.75) is 45.1 Å². The molecule has 4 heteroatoms. The normalized spacial score (nSPS) is 26.7. The topological polar surface area (TPSA) is 51.0 Å². The lowest BCUT2D eigenvalue weighted by Crippen LogP contribution is -2.34. The summed E-state index contributed by atoms with van der Waals surface area (Å²) in [6, 6.07) is 0.691. The van der Waals surface area contributed by atoms with E-state index in [1.54, 1.807) is 0 Å². The summed E-state index contributed by atoms with van der Waals surface area (Å²) >= 11 is 0. The van der Waals surface area contributed by atoms with Gasteiger partial charge in [0.1, 0.15) is 0 Å². The second-order valence-corrected chi connectivity index (χ2v) is 4.51. The second-order valence-electron chi connectivity index (χ2n) is 4.51. The molecular formula is C11H19N3O. The molecule has 2 unspecified atom stereocenters. The van der Waals surface area contributed by atoms with Gasteiger partial charge in [0.25, 0.3) is 0 Å². The first-order chi connectivity index (χ1) is 7.34. The summed E-state index contributed by atoms with van der Waals surface area (Å²) in [5.41, 5.74) is 0. The highest BCUT2D eigenvalue weighted by Gasteiger charge is 2.17.